The predicted molar refractivity (Wildman–Crippen MR) is 99.0 cm³/mol. The molecule has 0 aromatic heterocycles. The first-order valence-corrected chi connectivity index (χ1v) is 8.34. The second-order valence-electron chi connectivity index (χ2n) is 6.01. The van der Waals surface area contributed by atoms with Gasteiger partial charge < -0.3 is 15.4 Å². The van der Waals surface area contributed by atoms with Crippen LogP contribution in [0.5, 0.6) is 5.75 Å². The van der Waals surface area contributed by atoms with Crippen LogP contribution in [0.25, 0.3) is 0 Å². The highest BCUT2D eigenvalue weighted by Crippen LogP contribution is 2.24. The zero-order valence-corrected chi connectivity index (χ0v) is 14.9. The van der Waals surface area contributed by atoms with E-state index < -0.39 is 0 Å². The topological polar surface area (TPSA) is 50.4 Å². The van der Waals surface area contributed by atoms with Crippen molar-refractivity contribution in [2.45, 2.75) is 34.1 Å². The minimum atomic E-state index is -0.222. The maximum atomic E-state index is 11.9. The quantitative estimate of drug-likeness (QED) is 0.774. The highest BCUT2D eigenvalue weighted by molar-refractivity contribution is 5.89. The standard InChI is InChI=1S/C20H26N2O2/c1-5-17-6-8-18(9-7-17)22-20(23)21-10-11-24-19-15(3)12-14(2)13-16(19)4/h6-9,12-13H,5,10-11H2,1-4H3,(H2,21,22,23). The summed E-state index contributed by atoms with van der Waals surface area (Å²) in [5.41, 5.74) is 5.50. The highest BCUT2D eigenvalue weighted by Gasteiger charge is 2.06. The molecular weight excluding hydrogens is 300 g/mol. The smallest absolute Gasteiger partial charge is 0.319 e. The van der Waals surface area contributed by atoms with Crippen LogP contribution in [-0.4, -0.2) is 19.2 Å². The van der Waals surface area contributed by atoms with E-state index in [1.807, 2.05) is 38.1 Å². The summed E-state index contributed by atoms with van der Waals surface area (Å²) in [7, 11) is 0. The first-order chi connectivity index (χ1) is 11.5. The lowest BCUT2D eigenvalue weighted by Crippen LogP contribution is -2.32. The summed E-state index contributed by atoms with van der Waals surface area (Å²) < 4.78 is 5.81. The van der Waals surface area contributed by atoms with Gasteiger partial charge in [0.2, 0.25) is 0 Å². The van der Waals surface area contributed by atoms with Crippen molar-refractivity contribution < 1.29 is 9.53 Å². The molecule has 0 aliphatic rings. The van der Waals surface area contributed by atoms with Crippen molar-refractivity contribution in [3.63, 3.8) is 0 Å². The van der Waals surface area contributed by atoms with Crippen LogP contribution in [-0.2, 0) is 6.42 Å². The molecule has 0 unspecified atom stereocenters. The maximum absolute atomic E-state index is 11.9. The van der Waals surface area contributed by atoms with Crippen LogP contribution in [0.3, 0.4) is 0 Å². The number of nitrogens with one attached hydrogen (secondary N) is 2. The fourth-order valence-corrected chi connectivity index (χ4v) is 2.71. The van der Waals surface area contributed by atoms with Crippen LogP contribution >= 0.6 is 0 Å². The van der Waals surface area contributed by atoms with Crippen molar-refractivity contribution >= 4 is 11.7 Å². The van der Waals surface area contributed by atoms with E-state index in [0.717, 1.165) is 29.0 Å². The first kappa shape index (κ1) is 17.9. The van der Waals surface area contributed by atoms with E-state index in [0.29, 0.717) is 13.2 Å². The Morgan fingerprint density at radius 1 is 1.04 bits per heavy atom. The normalized spacial score (nSPS) is 10.3. The molecule has 0 radical (unpaired) electrons. The number of rotatable bonds is 6. The minimum Gasteiger partial charge on any atom is -0.491 e. The summed E-state index contributed by atoms with van der Waals surface area (Å²) in [5, 5.41) is 5.62. The molecule has 0 fully saturated rings. The lowest BCUT2D eigenvalue weighted by Gasteiger charge is -2.14. The van der Waals surface area contributed by atoms with E-state index >= 15 is 0 Å². The number of amides is 2. The van der Waals surface area contributed by atoms with Gasteiger partial charge in [-0.15, -0.1) is 0 Å². The SMILES string of the molecule is CCc1ccc(NC(=O)NCCOc2c(C)cc(C)cc2C)cc1. The Morgan fingerprint density at radius 2 is 1.67 bits per heavy atom. The van der Waals surface area contributed by atoms with Gasteiger partial charge in [0.05, 0.1) is 6.54 Å². The van der Waals surface area contributed by atoms with Crippen molar-refractivity contribution in [3.8, 4) is 5.75 Å². The fourth-order valence-electron chi connectivity index (χ4n) is 2.71. The third-order valence-corrected chi connectivity index (χ3v) is 3.86. The molecule has 128 valence electrons. The summed E-state index contributed by atoms with van der Waals surface area (Å²) in [5.74, 6) is 0.901. The molecule has 2 aromatic rings. The van der Waals surface area contributed by atoms with E-state index in [-0.39, 0.29) is 6.03 Å². The molecule has 0 saturated heterocycles. The lowest BCUT2D eigenvalue weighted by atomic mass is 10.1. The van der Waals surface area contributed by atoms with Gasteiger partial charge in [0.25, 0.3) is 0 Å². The Hall–Kier alpha value is -2.49. The Kier molecular flexibility index (Phi) is 6.24. The second kappa shape index (κ2) is 8.39. The largest absolute Gasteiger partial charge is 0.491 e. The molecule has 2 N–H and O–H groups in total. The molecule has 4 nitrogen and oxygen atoms in total. The average molecular weight is 326 g/mol. The first-order valence-electron chi connectivity index (χ1n) is 8.34. The van der Waals surface area contributed by atoms with Crippen molar-refractivity contribution in [3.05, 3.63) is 58.7 Å². The highest BCUT2D eigenvalue weighted by atomic mass is 16.5. The van der Waals surface area contributed by atoms with Crippen molar-refractivity contribution in [1.82, 2.24) is 5.32 Å². The van der Waals surface area contributed by atoms with Gasteiger partial charge >= 0.3 is 6.03 Å². The third-order valence-electron chi connectivity index (χ3n) is 3.86. The van der Waals surface area contributed by atoms with E-state index in [4.69, 9.17) is 4.74 Å². The molecule has 0 saturated carbocycles. The zero-order valence-electron chi connectivity index (χ0n) is 14.9. The maximum Gasteiger partial charge on any atom is 0.319 e. The molecule has 4 heteroatoms. The number of hydrogen-bond acceptors (Lipinski definition) is 2. The van der Waals surface area contributed by atoms with Crippen LogP contribution in [0.1, 0.15) is 29.2 Å². The van der Waals surface area contributed by atoms with E-state index in [1.54, 1.807) is 0 Å². The number of hydrogen-bond donors (Lipinski definition) is 2. The number of aryl methyl sites for hydroxylation is 4. The summed E-state index contributed by atoms with van der Waals surface area (Å²) >= 11 is 0. The van der Waals surface area contributed by atoms with Gasteiger partial charge in [-0.1, -0.05) is 36.8 Å². The average Bonchev–Trinajstić information content (AvgIpc) is 2.54. The van der Waals surface area contributed by atoms with Crippen LogP contribution < -0.4 is 15.4 Å². The monoisotopic (exact) mass is 326 g/mol. The van der Waals surface area contributed by atoms with Crippen molar-refractivity contribution in [2.24, 2.45) is 0 Å². The van der Waals surface area contributed by atoms with Gasteiger partial charge in [-0.2, -0.15) is 0 Å². The summed E-state index contributed by atoms with van der Waals surface area (Å²) in [4.78, 5) is 11.9. The number of carbonyl (C=O) groups excluding carboxylic acids is 1. The lowest BCUT2D eigenvalue weighted by molar-refractivity contribution is 0.247. The van der Waals surface area contributed by atoms with Gasteiger partial charge in [-0.05, 0) is 56.0 Å². The molecule has 0 atom stereocenters. The molecule has 24 heavy (non-hydrogen) atoms. The third kappa shape index (κ3) is 5.01. The number of urea groups is 1. The van der Waals surface area contributed by atoms with Crippen LogP contribution in [0.4, 0.5) is 10.5 Å². The Morgan fingerprint density at radius 3 is 2.25 bits per heavy atom. The molecule has 0 heterocycles. The summed E-state index contributed by atoms with van der Waals surface area (Å²) in [6, 6.07) is 11.8. The molecule has 0 aliphatic carbocycles. The van der Waals surface area contributed by atoms with Crippen LogP contribution in [0.15, 0.2) is 36.4 Å². The predicted octanol–water partition coefficient (Wildman–Crippen LogP) is 4.37. The van der Waals surface area contributed by atoms with Crippen LogP contribution in [0, 0.1) is 20.8 Å². The Labute approximate surface area is 144 Å². The second-order valence-corrected chi connectivity index (χ2v) is 6.01. The molecule has 2 amide bonds. The van der Waals surface area contributed by atoms with Crippen LogP contribution in [0.2, 0.25) is 0 Å². The summed E-state index contributed by atoms with van der Waals surface area (Å²) in [6.45, 7) is 9.14. The molecule has 0 aliphatic heterocycles. The molecule has 2 aromatic carbocycles. The number of benzene rings is 2. The van der Waals surface area contributed by atoms with Gasteiger partial charge in [0.1, 0.15) is 12.4 Å². The van der Waals surface area contributed by atoms with Crippen molar-refractivity contribution in [2.75, 3.05) is 18.5 Å². The van der Waals surface area contributed by atoms with Crippen molar-refractivity contribution in [1.29, 1.82) is 0 Å². The molecule has 0 bridgehead atoms. The zero-order chi connectivity index (χ0) is 17.5. The number of anilines is 1. The number of carbonyl (C=O) groups is 1. The molecule has 2 rings (SSSR count). The van der Waals surface area contributed by atoms with E-state index in [1.165, 1.54) is 11.1 Å². The van der Waals surface area contributed by atoms with E-state index in [9.17, 15) is 4.79 Å². The molecule has 0 spiro atoms. The Bertz CT molecular complexity index is 670. The Balaban J connectivity index is 1.76. The fraction of sp³-hybridized carbons (Fsp3) is 0.350. The van der Waals surface area contributed by atoms with Gasteiger partial charge in [-0.25, -0.2) is 4.79 Å². The van der Waals surface area contributed by atoms with Gasteiger partial charge in [0, 0.05) is 5.69 Å². The number of ether oxygens (including phenoxy) is 1. The minimum absolute atomic E-state index is 0.222. The van der Waals surface area contributed by atoms with E-state index in [2.05, 4.69) is 36.6 Å². The molecular formula is C20H26N2O2. The summed E-state index contributed by atoms with van der Waals surface area (Å²) in [6.07, 6.45) is 0.988. The van der Waals surface area contributed by atoms with Gasteiger partial charge in [-0.3, -0.25) is 0 Å². The van der Waals surface area contributed by atoms with Gasteiger partial charge in [0.15, 0.2) is 0 Å².